The maximum atomic E-state index is 12.5. The van der Waals surface area contributed by atoms with Crippen molar-refractivity contribution in [1.29, 1.82) is 0 Å². The van der Waals surface area contributed by atoms with Gasteiger partial charge in [0.2, 0.25) is 0 Å². The minimum atomic E-state index is -0.0690. The van der Waals surface area contributed by atoms with Gasteiger partial charge in [0, 0.05) is 5.56 Å². The summed E-state index contributed by atoms with van der Waals surface area (Å²) in [5.41, 5.74) is 1.01. The van der Waals surface area contributed by atoms with Crippen LogP contribution in [0.1, 0.15) is 27.6 Å². The Morgan fingerprint density at radius 1 is 1.28 bits per heavy atom. The summed E-state index contributed by atoms with van der Waals surface area (Å²) in [7, 11) is 0. The molecule has 0 aliphatic carbocycles. The standard InChI is InChI=1S/C14H11BrO2S/c15-13-6-5-12(18-13)14(16)10-7-8-17-11-4-2-1-3-9(10)11/h1-6,10H,7-8H2. The van der Waals surface area contributed by atoms with Crippen LogP contribution in [-0.2, 0) is 0 Å². The van der Waals surface area contributed by atoms with Crippen LogP contribution in [0.5, 0.6) is 5.75 Å². The molecule has 92 valence electrons. The molecule has 1 unspecified atom stereocenters. The summed E-state index contributed by atoms with van der Waals surface area (Å²) in [5.74, 6) is 0.972. The topological polar surface area (TPSA) is 26.3 Å². The molecule has 1 aliphatic heterocycles. The molecule has 0 N–H and O–H groups in total. The van der Waals surface area contributed by atoms with Crippen molar-refractivity contribution in [2.45, 2.75) is 12.3 Å². The molecule has 2 heterocycles. The molecule has 0 saturated heterocycles. The quantitative estimate of drug-likeness (QED) is 0.772. The second-order valence-electron chi connectivity index (χ2n) is 4.20. The van der Waals surface area contributed by atoms with Gasteiger partial charge in [-0.2, -0.15) is 0 Å². The van der Waals surface area contributed by atoms with Crippen LogP contribution in [0.4, 0.5) is 0 Å². The first-order chi connectivity index (χ1) is 8.75. The van der Waals surface area contributed by atoms with E-state index in [9.17, 15) is 4.79 Å². The Morgan fingerprint density at radius 2 is 2.11 bits per heavy atom. The summed E-state index contributed by atoms with van der Waals surface area (Å²) in [6.45, 7) is 0.611. The monoisotopic (exact) mass is 322 g/mol. The normalized spacial score (nSPS) is 17.9. The van der Waals surface area contributed by atoms with E-state index in [4.69, 9.17) is 4.74 Å². The number of carbonyl (C=O) groups excluding carboxylic acids is 1. The van der Waals surface area contributed by atoms with E-state index in [0.717, 1.165) is 26.4 Å². The van der Waals surface area contributed by atoms with Gasteiger partial charge in [-0.3, -0.25) is 4.79 Å². The number of fused-ring (bicyclic) bond motifs is 1. The summed E-state index contributed by atoms with van der Waals surface area (Å²) < 4.78 is 6.58. The van der Waals surface area contributed by atoms with Gasteiger partial charge in [0.15, 0.2) is 5.78 Å². The number of ether oxygens (including phenoxy) is 1. The Labute approximate surface area is 118 Å². The van der Waals surface area contributed by atoms with Crippen molar-refractivity contribution in [2.75, 3.05) is 6.61 Å². The van der Waals surface area contributed by atoms with Gasteiger partial charge in [-0.1, -0.05) is 18.2 Å². The molecular weight excluding hydrogens is 312 g/mol. The van der Waals surface area contributed by atoms with Crippen LogP contribution in [0.2, 0.25) is 0 Å². The van der Waals surface area contributed by atoms with Crippen molar-refractivity contribution in [3.05, 3.63) is 50.6 Å². The predicted molar refractivity (Wildman–Crippen MR) is 75.6 cm³/mol. The highest BCUT2D eigenvalue weighted by atomic mass is 79.9. The number of ketones is 1. The molecule has 1 aromatic heterocycles. The number of hydrogen-bond donors (Lipinski definition) is 0. The van der Waals surface area contributed by atoms with Crippen LogP contribution < -0.4 is 4.74 Å². The molecule has 2 aromatic rings. The van der Waals surface area contributed by atoms with Crippen LogP contribution in [0, 0.1) is 0 Å². The lowest BCUT2D eigenvalue weighted by Gasteiger charge is -2.24. The molecule has 0 radical (unpaired) electrons. The number of benzene rings is 1. The zero-order valence-corrected chi connectivity index (χ0v) is 12.0. The van der Waals surface area contributed by atoms with Gasteiger partial charge in [-0.15, -0.1) is 11.3 Å². The van der Waals surface area contributed by atoms with E-state index in [1.165, 1.54) is 11.3 Å². The Kier molecular flexibility index (Phi) is 3.22. The van der Waals surface area contributed by atoms with Crippen molar-refractivity contribution < 1.29 is 9.53 Å². The lowest BCUT2D eigenvalue weighted by atomic mass is 9.89. The molecule has 0 spiro atoms. The van der Waals surface area contributed by atoms with Crippen molar-refractivity contribution in [1.82, 2.24) is 0 Å². The fourth-order valence-corrected chi connectivity index (χ4v) is 3.61. The lowest BCUT2D eigenvalue weighted by Crippen LogP contribution is -2.20. The van der Waals surface area contributed by atoms with Crippen molar-refractivity contribution in [3.63, 3.8) is 0 Å². The van der Waals surface area contributed by atoms with Crippen LogP contribution in [-0.4, -0.2) is 12.4 Å². The molecule has 0 fully saturated rings. The average molecular weight is 323 g/mol. The van der Waals surface area contributed by atoms with Gasteiger partial charge >= 0.3 is 0 Å². The predicted octanol–water partition coefficient (Wildman–Crippen LogP) is 4.26. The largest absolute Gasteiger partial charge is 0.493 e. The van der Waals surface area contributed by atoms with Gasteiger partial charge in [0.1, 0.15) is 5.75 Å². The smallest absolute Gasteiger partial charge is 0.180 e. The van der Waals surface area contributed by atoms with Crippen molar-refractivity contribution >= 4 is 33.0 Å². The highest BCUT2D eigenvalue weighted by Crippen LogP contribution is 2.37. The molecular formula is C14H11BrO2S. The van der Waals surface area contributed by atoms with Crippen molar-refractivity contribution in [3.8, 4) is 5.75 Å². The highest BCUT2D eigenvalue weighted by molar-refractivity contribution is 9.11. The number of hydrogen-bond acceptors (Lipinski definition) is 3. The number of para-hydroxylation sites is 1. The first-order valence-electron chi connectivity index (χ1n) is 5.77. The Bertz CT molecular complexity index is 591. The second kappa shape index (κ2) is 4.86. The molecule has 2 nitrogen and oxygen atoms in total. The van der Waals surface area contributed by atoms with Gasteiger partial charge in [0.25, 0.3) is 0 Å². The van der Waals surface area contributed by atoms with E-state index in [-0.39, 0.29) is 11.7 Å². The van der Waals surface area contributed by atoms with Gasteiger partial charge in [0.05, 0.1) is 21.2 Å². The fourth-order valence-electron chi connectivity index (χ4n) is 2.23. The summed E-state index contributed by atoms with van der Waals surface area (Å²) >= 11 is 4.89. The summed E-state index contributed by atoms with van der Waals surface area (Å²) in [6.07, 6.45) is 0.755. The SMILES string of the molecule is O=C(c1ccc(Br)s1)C1CCOc2ccccc21. The Balaban J connectivity index is 1.96. The van der Waals surface area contributed by atoms with Crippen molar-refractivity contribution in [2.24, 2.45) is 0 Å². The third kappa shape index (κ3) is 2.10. The molecule has 0 bridgehead atoms. The van der Waals surface area contributed by atoms with E-state index in [2.05, 4.69) is 15.9 Å². The van der Waals surface area contributed by atoms with Gasteiger partial charge in [-0.05, 0) is 40.5 Å². The minimum Gasteiger partial charge on any atom is -0.493 e. The summed E-state index contributed by atoms with van der Waals surface area (Å²) in [6, 6.07) is 11.6. The maximum Gasteiger partial charge on any atom is 0.180 e. The molecule has 1 aromatic carbocycles. The maximum absolute atomic E-state index is 12.5. The van der Waals surface area contributed by atoms with Gasteiger partial charge < -0.3 is 4.74 Å². The molecule has 18 heavy (non-hydrogen) atoms. The molecule has 3 rings (SSSR count). The third-order valence-electron chi connectivity index (χ3n) is 3.09. The zero-order valence-electron chi connectivity index (χ0n) is 9.56. The number of thiophene rings is 1. The second-order valence-corrected chi connectivity index (χ2v) is 6.66. The van der Waals surface area contributed by atoms with E-state index >= 15 is 0 Å². The average Bonchev–Trinajstić information content (AvgIpc) is 2.84. The first kappa shape index (κ1) is 11.9. The number of carbonyl (C=O) groups is 1. The number of rotatable bonds is 2. The number of Topliss-reactive ketones (excluding diaryl/α,β-unsaturated/α-hetero) is 1. The van der Waals surface area contributed by atoms with Crippen LogP contribution in [0.3, 0.4) is 0 Å². The molecule has 1 aliphatic rings. The summed E-state index contributed by atoms with van der Waals surface area (Å²) in [5, 5.41) is 0. The van der Waals surface area contributed by atoms with Crippen LogP contribution in [0.15, 0.2) is 40.2 Å². The van der Waals surface area contributed by atoms with E-state index in [0.29, 0.717) is 6.61 Å². The third-order valence-corrected chi connectivity index (χ3v) is 4.73. The molecule has 4 heteroatoms. The van der Waals surface area contributed by atoms with E-state index < -0.39 is 0 Å². The first-order valence-corrected chi connectivity index (χ1v) is 7.38. The molecule has 1 atom stereocenters. The Morgan fingerprint density at radius 3 is 2.89 bits per heavy atom. The van der Waals surface area contributed by atoms with Crippen LogP contribution >= 0.6 is 27.3 Å². The van der Waals surface area contributed by atoms with E-state index in [1.807, 2.05) is 36.4 Å². The van der Waals surface area contributed by atoms with Gasteiger partial charge in [-0.25, -0.2) is 0 Å². The fraction of sp³-hybridized carbons (Fsp3) is 0.214. The van der Waals surface area contributed by atoms with Crippen LogP contribution in [0.25, 0.3) is 0 Å². The summed E-state index contributed by atoms with van der Waals surface area (Å²) in [4.78, 5) is 13.3. The minimum absolute atomic E-state index is 0.0690. The number of halogens is 1. The molecule has 0 amide bonds. The highest BCUT2D eigenvalue weighted by Gasteiger charge is 2.28. The lowest BCUT2D eigenvalue weighted by molar-refractivity contribution is 0.0937. The molecule has 0 saturated carbocycles. The Hall–Kier alpha value is -1.13. The van der Waals surface area contributed by atoms with E-state index in [1.54, 1.807) is 0 Å². The zero-order chi connectivity index (χ0) is 12.5.